The quantitative estimate of drug-likeness (QED) is 0.0212. The SMILES string of the molecule is CCCCC/C=C\C/C=C\C/C=C\CCCCCCCCC(=O)OC(/C=C/CCCCCCCCCCCC)C(COP(=O)([O-])OCC[N+](C)(C)C)NC(=O)CCCCCCCCCCCCCCCCCC. The van der Waals surface area contributed by atoms with Gasteiger partial charge in [0.2, 0.25) is 5.91 Å². The van der Waals surface area contributed by atoms with Crippen LogP contribution >= 0.6 is 7.82 Å². The van der Waals surface area contributed by atoms with Crippen LogP contribution in [0.5, 0.6) is 0 Å². The standard InChI is InChI=1S/C63H119N2O7P/c1-7-10-13-16-19-22-25-28-30-32-33-34-36-38-41-44-47-50-53-56-63(67)72-61(54-51-48-45-42-39-27-24-21-18-15-12-9-3)60(59-71-73(68,69)70-58-57-65(4,5)6)64-62(66)55-52-49-46-43-40-37-35-31-29-26-23-20-17-14-11-8-2/h19,22,28,30,33-34,51,54,60-61H,7-18,20-21,23-27,29,31-32,35-50,52-53,55-59H2,1-6H3,(H-,64,66,68,69)/b22-19-,30-28-,34-33-,54-51+. The zero-order valence-corrected chi connectivity index (χ0v) is 49.7. The number of nitrogens with one attached hydrogen (secondary N) is 1. The van der Waals surface area contributed by atoms with E-state index in [2.05, 4.69) is 62.5 Å². The monoisotopic (exact) mass is 1050 g/mol. The van der Waals surface area contributed by atoms with E-state index in [1.165, 1.54) is 173 Å². The van der Waals surface area contributed by atoms with Gasteiger partial charge in [-0.2, -0.15) is 0 Å². The summed E-state index contributed by atoms with van der Waals surface area (Å²) in [6.07, 6.45) is 64.9. The van der Waals surface area contributed by atoms with E-state index in [0.29, 0.717) is 17.4 Å². The van der Waals surface area contributed by atoms with Crippen LogP contribution in [0.4, 0.5) is 0 Å². The van der Waals surface area contributed by atoms with E-state index in [0.717, 1.165) is 83.5 Å². The van der Waals surface area contributed by atoms with Crippen LogP contribution < -0.4 is 10.2 Å². The summed E-state index contributed by atoms with van der Waals surface area (Å²) in [6, 6.07) is -0.891. The lowest BCUT2D eigenvalue weighted by Gasteiger charge is -2.30. The van der Waals surface area contributed by atoms with Crippen molar-refractivity contribution in [3.05, 3.63) is 48.6 Å². The van der Waals surface area contributed by atoms with Gasteiger partial charge in [0, 0.05) is 12.8 Å². The molecule has 0 fully saturated rings. The summed E-state index contributed by atoms with van der Waals surface area (Å²) in [5.74, 6) is -0.545. The maximum atomic E-state index is 13.5. The van der Waals surface area contributed by atoms with Crippen LogP contribution in [0.3, 0.4) is 0 Å². The fraction of sp³-hybridized carbons (Fsp3) is 0.841. The number of quaternary nitrogens is 1. The van der Waals surface area contributed by atoms with Crippen LogP contribution in [-0.2, 0) is 27.9 Å². The van der Waals surface area contributed by atoms with Crippen LogP contribution in [0.2, 0.25) is 0 Å². The maximum Gasteiger partial charge on any atom is 0.306 e. The first kappa shape index (κ1) is 71.0. The highest BCUT2D eigenvalue weighted by Crippen LogP contribution is 2.38. The van der Waals surface area contributed by atoms with Crippen molar-refractivity contribution in [1.29, 1.82) is 0 Å². The summed E-state index contributed by atoms with van der Waals surface area (Å²) >= 11 is 0. The van der Waals surface area contributed by atoms with E-state index in [9.17, 15) is 19.0 Å². The van der Waals surface area contributed by atoms with Crippen molar-refractivity contribution in [3.8, 4) is 0 Å². The number of hydrogen-bond acceptors (Lipinski definition) is 7. The second-order valence-electron chi connectivity index (χ2n) is 22.2. The zero-order valence-electron chi connectivity index (χ0n) is 48.8. The van der Waals surface area contributed by atoms with E-state index >= 15 is 0 Å². The number of esters is 1. The van der Waals surface area contributed by atoms with Gasteiger partial charge < -0.3 is 28.5 Å². The van der Waals surface area contributed by atoms with Gasteiger partial charge in [0.05, 0.1) is 33.8 Å². The molecule has 0 aromatic carbocycles. The molecule has 1 N–H and O–H groups in total. The van der Waals surface area contributed by atoms with Crippen LogP contribution in [0.15, 0.2) is 48.6 Å². The molecular weight excluding hydrogens is 928 g/mol. The van der Waals surface area contributed by atoms with Crippen LogP contribution in [-0.4, -0.2) is 69.4 Å². The molecule has 0 aromatic heterocycles. The van der Waals surface area contributed by atoms with Gasteiger partial charge in [-0.05, 0) is 70.3 Å². The molecule has 0 radical (unpaired) electrons. The second-order valence-corrected chi connectivity index (χ2v) is 23.6. The number of carbonyl (C=O) groups is 2. The number of hydrogen-bond donors (Lipinski definition) is 1. The normalized spacial score (nSPS) is 14.0. The van der Waals surface area contributed by atoms with E-state index < -0.39 is 20.0 Å². The van der Waals surface area contributed by atoms with Gasteiger partial charge in [0.25, 0.3) is 7.82 Å². The molecule has 73 heavy (non-hydrogen) atoms. The molecular formula is C63H119N2O7P. The molecule has 0 spiro atoms. The predicted octanol–water partition coefficient (Wildman–Crippen LogP) is 18.3. The molecule has 0 saturated carbocycles. The highest BCUT2D eigenvalue weighted by molar-refractivity contribution is 7.45. The number of likely N-dealkylation sites (N-methyl/N-ethyl adjacent to an activating group) is 1. The number of unbranched alkanes of at least 4 members (excludes halogenated alkanes) is 34. The highest BCUT2D eigenvalue weighted by Gasteiger charge is 2.27. The lowest BCUT2D eigenvalue weighted by atomic mass is 10.0. The zero-order chi connectivity index (χ0) is 53.6. The summed E-state index contributed by atoms with van der Waals surface area (Å²) in [4.78, 5) is 40.0. The Bertz CT molecular complexity index is 1390. The van der Waals surface area contributed by atoms with Crippen molar-refractivity contribution in [1.82, 2.24) is 5.32 Å². The molecule has 0 aromatic rings. The number of phosphoric ester groups is 1. The molecule has 0 saturated heterocycles. The maximum absolute atomic E-state index is 13.5. The molecule has 0 aliphatic carbocycles. The van der Waals surface area contributed by atoms with Gasteiger partial charge in [0.15, 0.2) is 0 Å². The van der Waals surface area contributed by atoms with Crippen molar-refractivity contribution in [2.24, 2.45) is 0 Å². The first-order valence-electron chi connectivity index (χ1n) is 30.9. The third kappa shape index (κ3) is 54.6. The second kappa shape index (κ2) is 53.4. The third-order valence-electron chi connectivity index (χ3n) is 13.8. The van der Waals surface area contributed by atoms with Gasteiger partial charge in [-0.15, -0.1) is 0 Å². The lowest BCUT2D eigenvalue weighted by Crippen LogP contribution is -2.47. The van der Waals surface area contributed by atoms with Crippen LogP contribution in [0.25, 0.3) is 0 Å². The Morgan fingerprint density at radius 3 is 1.27 bits per heavy atom. The summed E-state index contributed by atoms with van der Waals surface area (Å²) in [7, 11) is 1.18. The molecule has 428 valence electrons. The molecule has 1 amide bonds. The number of nitrogens with zero attached hydrogens (tertiary/aromatic N) is 1. The number of phosphoric acid groups is 1. The topological polar surface area (TPSA) is 114 Å². The largest absolute Gasteiger partial charge is 0.756 e. The van der Waals surface area contributed by atoms with E-state index in [-0.39, 0.29) is 31.5 Å². The van der Waals surface area contributed by atoms with E-state index in [1.54, 1.807) is 0 Å². The fourth-order valence-electron chi connectivity index (χ4n) is 8.94. The minimum Gasteiger partial charge on any atom is -0.756 e. The minimum atomic E-state index is -4.70. The van der Waals surface area contributed by atoms with Crippen LogP contribution in [0.1, 0.15) is 290 Å². The van der Waals surface area contributed by atoms with Crippen molar-refractivity contribution >= 4 is 19.7 Å². The van der Waals surface area contributed by atoms with E-state index in [4.69, 9.17) is 13.8 Å². The Morgan fingerprint density at radius 1 is 0.479 bits per heavy atom. The summed E-state index contributed by atoms with van der Waals surface area (Å²) in [6.45, 7) is 6.83. The molecule has 0 aliphatic heterocycles. The van der Waals surface area contributed by atoms with Crippen molar-refractivity contribution in [3.63, 3.8) is 0 Å². The average Bonchev–Trinajstić information content (AvgIpc) is 3.35. The molecule has 9 nitrogen and oxygen atoms in total. The molecule has 3 unspecified atom stereocenters. The first-order chi connectivity index (χ1) is 35.4. The molecule has 3 atom stereocenters. The van der Waals surface area contributed by atoms with Crippen molar-refractivity contribution in [2.75, 3.05) is 40.9 Å². The molecule has 0 aliphatic rings. The first-order valence-corrected chi connectivity index (χ1v) is 32.4. The molecule has 0 rings (SSSR count). The van der Waals surface area contributed by atoms with Gasteiger partial charge >= 0.3 is 5.97 Å². The Kier molecular flexibility index (Phi) is 51.9. The number of ether oxygens (including phenoxy) is 1. The van der Waals surface area contributed by atoms with Crippen molar-refractivity contribution in [2.45, 2.75) is 303 Å². The molecule has 10 heteroatoms. The number of carbonyl (C=O) groups excluding carboxylic acids is 2. The molecule has 0 heterocycles. The van der Waals surface area contributed by atoms with Gasteiger partial charge in [-0.25, -0.2) is 0 Å². The summed E-state index contributed by atoms with van der Waals surface area (Å²) < 4.78 is 30.3. The van der Waals surface area contributed by atoms with Gasteiger partial charge in [-0.1, -0.05) is 256 Å². The average molecular weight is 1050 g/mol. The fourth-order valence-corrected chi connectivity index (χ4v) is 9.66. The number of allylic oxidation sites excluding steroid dienone is 7. The number of rotatable bonds is 56. The van der Waals surface area contributed by atoms with Crippen molar-refractivity contribution < 1.29 is 37.3 Å². The Morgan fingerprint density at radius 2 is 0.836 bits per heavy atom. The smallest absolute Gasteiger partial charge is 0.306 e. The Hall–Kier alpha value is -2.03. The van der Waals surface area contributed by atoms with Crippen LogP contribution in [0, 0.1) is 0 Å². The Balaban J connectivity index is 5.28. The molecule has 0 bridgehead atoms. The lowest BCUT2D eigenvalue weighted by molar-refractivity contribution is -0.870. The van der Waals surface area contributed by atoms with Gasteiger partial charge in [0.1, 0.15) is 19.3 Å². The van der Waals surface area contributed by atoms with E-state index in [1.807, 2.05) is 33.3 Å². The summed E-state index contributed by atoms with van der Waals surface area (Å²) in [5, 5.41) is 3.03. The number of amides is 1. The van der Waals surface area contributed by atoms with Gasteiger partial charge in [-0.3, -0.25) is 14.2 Å². The predicted molar refractivity (Wildman–Crippen MR) is 312 cm³/mol. The Labute approximate surface area is 452 Å². The minimum absolute atomic E-state index is 0.0235. The summed E-state index contributed by atoms with van der Waals surface area (Å²) in [5.41, 5.74) is 0. The highest BCUT2D eigenvalue weighted by atomic mass is 31.2. The third-order valence-corrected chi connectivity index (χ3v) is 14.7.